The van der Waals surface area contributed by atoms with Gasteiger partial charge in [-0.3, -0.25) is 0 Å². The molecule has 0 aliphatic heterocycles. The standard InChI is InChI=1S/C10H12N4OS/c1-7-3-2-4-8(5-7)15-6-9-10(12-11)16-14-13-9/h2-5,12H,6,11H2,1H3. The molecule has 2 aromatic rings. The van der Waals surface area contributed by atoms with Gasteiger partial charge in [-0.1, -0.05) is 16.6 Å². The van der Waals surface area contributed by atoms with Crippen molar-refractivity contribution in [3.05, 3.63) is 35.5 Å². The van der Waals surface area contributed by atoms with Crippen molar-refractivity contribution in [2.45, 2.75) is 13.5 Å². The number of nitrogens with zero attached hydrogens (tertiary/aromatic N) is 2. The van der Waals surface area contributed by atoms with Gasteiger partial charge >= 0.3 is 0 Å². The van der Waals surface area contributed by atoms with Crippen molar-refractivity contribution >= 4 is 16.5 Å². The summed E-state index contributed by atoms with van der Waals surface area (Å²) in [6.45, 7) is 2.38. The van der Waals surface area contributed by atoms with E-state index in [2.05, 4.69) is 15.0 Å². The second-order valence-corrected chi connectivity index (χ2v) is 4.05. The highest BCUT2D eigenvalue weighted by Gasteiger charge is 2.06. The van der Waals surface area contributed by atoms with E-state index in [-0.39, 0.29) is 0 Å². The van der Waals surface area contributed by atoms with Gasteiger partial charge in [-0.25, -0.2) is 5.84 Å². The third kappa shape index (κ3) is 2.47. The Kier molecular flexibility index (Phi) is 3.33. The van der Waals surface area contributed by atoms with E-state index in [4.69, 9.17) is 10.6 Å². The number of rotatable bonds is 4. The van der Waals surface area contributed by atoms with Crippen molar-refractivity contribution in [2.24, 2.45) is 5.84 Å². The molecule has 16 heavy (non-hydrogen) atoms. The average molecular weight is 236 g/mol. The van der Waals surface area contributed by atoms with Crippen LogP contribution in [0.2, 0.25) is 0 Å². The smallest absolute Gasteiger partial charge is 0.150 e. The van der Waals surface area contributed by atoms with E-state index in [9.17, 15) is 0 Å². The van der Waals surface area contributed by atoms with E-state index < -0.39 is 0 Å². The largest absolute Gasteiger partial charge is 0.487 e. The molecule has 1 heterocycles. The predicted octanol–water partition coefficient (Wildman–Crippen LogP) is 1.71. The molecule has 0 aliphatic carbocycles. The summed E-state index contributed by atoms with van der Waals surface area (Å²) in [5.74, 6) is 6.13. The van der Waals surface area contributed by atoms with Gasteiger partial charge in [-0.2, -0.15) is 0 Å². The molecule has 0 atom stereocenters. The lowest BCUT2D eigenvalue weighted by Gasteiger charge is -2.05. The summed E-state index contributed by atoms with van der Waals surface area (Å²) in [7, 11) is 0. The lowest BCUT2D eigenvalue weighted by molar-refractivity contribution is 0.301. The van der Waals surface area contributed by atoms with Gasteiger partial charge in [-0.15, -0.1) is 5.10 Å². The van der Waals surface area contributed by atoms with Crippen LogP contribution in [0.5, 0.6) is 5.75 Å². The quantitative estimate of drug-likeness (QED) is 0.624. The van der Waals surface area contributed by atoms with Crippen LogP contribution < -0.4 is 16.0 Å². The zero-order valence-electron chi connectivity index (χ0n) is 8.80. The minimum atomic E-state index is 0.361. The van der Waals surface area contributed by atoms with Crippen LogP contribution >= 0.6 is 11.5 Å². The van der Waals surface area contributed by atoms with Gasteiger partial charge in [0.15, 0.2) is 5.00 Å². The number of aryl methyl sites for hydroxylation is 1. The van der Waals surface area contributed by atoms with Gasteiger partial charge in [0.1, 0.15) is 18.1 Å². The fourth-order valence-corrected chi connectivity index (χ4v) is 1.75. The van der Waals surface area contributed by atoms with Crippen LogP contribution in [0.4, 0.5) is 5.00 Å². The van der Waals surface area contributed by atoms with Crippen LogP contribution in [-0.2, 0) is 6.61 Å². The number of nitrogens with one attached hydrogen (secondary N) is 1. The Balaban J connectivity index is 2.02. The van der Waals surface area contributed by atoms with Crippen molar-refractivity contribution in [3.8, 4) is 5.75 Å². The number of aromatic nitrogens is 2. The Labute approximate surface area is 97.4 Å². The van der Waals surface area contributed by atoms with E-state index >= 15 is 0 Å². The van der Waals surface area contributed by atoms with Crippen molar-refractivity contribution < 1.29 is 4.74 Å². The molecule has 0 saturated carbocycles. The molecule has 2 rings (SSSR count). The fraction of sp³-hybridized carbons (Fsp3) is 0.200. The van der Waals surface area contributed by atoms with Crippen LogP contribution in [-0.4, -0.2) is 9.59 Å². The molecule has 0 amide bonds. The molecular weight excluding hydrogens is 224 g/mol. The summed E-state index contributed by atoms with van der Waals surface area (Å²) in [6.07, 6.45) is 0. The monoisotopic (exact) mass is 236 g/mol. The van der Waals surface area contributed by atoms with Crippen molar-refractivity contribution in [3.63, 3.8) is 0 Å². The molecule has 6 heteroatoms. The van der Waals surface area contributed by atoms with Crippen LogP contribution in [0.1, 0.15) is 11.3 Å². The second-order valence-electron chi connectivity index (χ2n) is 3.30. The Hall–Kier alpha value is -1.66. The van der Waals surface area contributed by atoms with Gasteiger partial charge in [0, 0.05) is 11.5 Å². The molecule has 0 saturated heterocycles. The van der Waals surface area contributed by atoms with E-state index in [1.165, 1.54) is 11.5 Å². The minimum Gasteiger partial charge on any atom is -0.487 e. The summed E-state index contributed by atoms with van der Waals surface area (Å²) < 4.78 is 9.37. The van der Waals surface area contributed by atoms with Crippen LogP contribution in [0, 0.1) is 6.92 Å². The third-order valence-corrected chi connectivity index (χ3v) is 2.75. The van der Waals surface area contributed by atoms with Gasteiger partial charge in [0.2, 0.25) is 0 Å². The van der Waals surface area contributed by atoms with E-state index in [1.807, 2.05) is 31.2 Å². The zero-order valence-corrected chi connectivity index (χ0v) is 9.62. The first kappa shape index (κ1) is 10.8. The molecule has 0 bridgehead atoms. The van der Waals surface area contributed by atoms with Crippen molar-refractivity contribution in [1.29, 1.82) is 0 Å². The van der Waals surface area contributed by atoms with Crippen LogP contribution in [0.15, 0.2) is 24.3 Å². The average Bonchev–Trinajstić information content (AvgIpc) is 2.74. The summed E-state index contributed by atoms with van der Waals surface area (Å²) in [5, 5.41) is 4.65. The molecule has 0 radical (unpaired) electrons. The highest BCUT2D eigenvalue weighted by Crippen LogP contribution is 2.19. The molecule has 1 aromatic carbocycles. The maximum atomic E-state index is 5.58. The van der Waals surface area contributed by atoms with Crippen LogP contribution in [0.25, 0.3) is 0 Å². The van der Waals surface area contributed by atoms with Crippen molar-refractivity contribution in [1.82, 2.24) is 9.59 Å². The second kappa shape index (κ2) is 4.91. The molecule has 5 nitrogen and oxygen atoms in total. The van der Waals surface area contributed by atoms with E-state index in [0.29, 0.717) is 12.3 Å². The Bertz CT molecular complexity index is 471. The fourth-order valence-electron chi connectivity index (χ4n) is 1.27. The summed E-state index contributed by atoms with van der Waals surface area (Å²) in [6, 6.07) is 7.84. The molecule has 0 fully saturated rings. The van der Waals surface area contributed by atoms with Gasteiger partial charge in [0.25, 0.3) is 0 Å². The van der Waals surface area contributed by atoms with E-state index in [0.717, 1.165) is 16.3 Å². The Morgan fingerprint density at radius 1 is 1.50 bits per heavy atom. The molecule has 0 spiro atoms. The topological polar surface area (TPSA) is 73.1 Å². The summed E-state index contributed by atoms with van der Waals surface area (Å²) >= 11 is 1.21. The number of ether oxygens (including phenoxy) is 1. The first-order chi connectivity index (χ1) is 7.79. The maximum absolute atomic E-state index is 5.58. The minimum absolute atomic E-state index is 0.361. The Morgan fingerprint density at radius 2 is 2.38 bits per heavy atom. The Morgan fingerprint density at radius 3 is 3.12 bits per heavy atom. The number of hydrogen-bond donors (Lipinski definition) is 2. The molecular formula is C10H12N4OS. The zero-order chi connectivity index (χ0) is 11.4. The number of hydrogen-bond acceptors (Lipinski definition) is 6. The lowest BCUT2D eigenvalue weighted by atomic mass is 10.2. The number of hydrazine groups is 1. The maximum Gasteiger partial charge on any atom is 0.150 e. The highest BCUT2D eigenvalue weighted by molar-refractivity contribution is 7.10. The van der Waals surface area contributed by atoms with Gasteiger partial charge in [0.05, 0.1) is 0 Å². The van der Waals surface area contributed by atoms with E-state index in [1.54, 1.807) is 0 Å². The van der Waals surface area contributed by atoms with Crippen LogP contribution in [0.3, 0.4) is 0 Å². The summed E-state index contributed by atoms with van der Waals surface area (Å²) in [4.78, 5) is 0. The number of nitrogen functional groups attached to an aromatic ring is 1. The van der Waals surface area contributed by atoms with Gasteiger partial charge < -0.3 is 10.2 Å². The molecule has 0 aliphatic rings. The highest BCUT2D eigenvalue weighted by atomic mass is 32.1. The lowest BCUT2D eigenvalue weighted by Crippen LogP contribution is -2.08. The molecule has 3 N–H and O–H groups in total. The number of nitrogens with two attached hydrogens (primary N) is 1. The normalized spacial score (nSPS) is 10.1. The molecule has 1 aromatic heterocycles. The summed E-state index contributed by atoms with van der Waals surface area (Å²) in [5.41, 5.74) is 4.41. The predicted molar refractivity (Wildman–Crippen MR) is 63.2 cm³/mol. The van der Waals surface area contributed by atoms with Gasteiger partial charge in [-0.05, 0) is 24.6 Å². The first-order valence-electron chi connectivity index (χ1n) is 4.77. The number of anilines is 1. The molecule has 84 valence electrons. The first-order valence-corrected chi connectivity index (χ1v) is 5.54. The molecule has 0 unspecified atom stereocenters. The SMILES string of the molecule is Cc1cccc(OCc2nnsc2NN)c1. The third-order valence-electron chi connectivity index (χ3n) is 2.05. The number of benzene rings is 1. The van der Waals surface area contributed by atoms with Crippen molar-refractivity contribution in [2.75, 3.05) is 5.43 Å².